The van der Waals surface area contributed by atoms with Crippen LogP contribution in [0.4, 0.5) is 10.9 Å². The van der Waals surface area contributed by atoms with E-state index < -0.39 is 10.0 Å². The van der Waals surface area contributed by atoms with Crippen LogP contribution in [-0.2, 0) is 10.0 Å². The van der Waals surface area contributed by atoms with Crippen LogP contribution in [0.1, 0.15) is 19.4 Å². The molecule has 0 saturated carbocycles. The minimum atomic E-state index is -3.85. The summed E-state index contributed by atoms with van der Waals surface area (Å²) in [5.41, 5.74) is 0.0893. The summed E-state index contributed by atoms with van der Waals surface area (Å²) in [7, 11) is -3.85. The smallest absolute Gasteiger partial charge is 0.263 e. The van der Waals surface area contributed by atoms with Gasteiger partial charge in [-0.25, -0.2) is 18.4 Å². The molecule has 0 aliphatic rings. The van der Waals surface area contributed by atoms with Gasteiger partial charge in [-0.1, -0.05) is 0 Å². The van der Waals surface area contributed by atoms with Gasteiger partial charge < -0.3 is 10.1 Å². The molecule has 0 radical (unpaired) electrons. The Morgan fingerprint density at radius 2 is 2.04 bits per heavy atom. The number of thiazole rings is 1. The average molecular weight is 416 g/mol. The van der Waals surface area contributed by atoms with Crippen molar-refractivity contribution in [1.82, 2.24) is 9.97 Å². The number of nitriles is 1. The zero-order chi connectivity index (χ0) is 20.1. The lowest BCUT2D eigenvalue weighted by atomic mass is 10.2. The largest absolute Gasteiger partial charge is 0.454 e. The maximum atomic E-state index is 12.5. The Bertz CT molecular complexity index is 1090. The van der Waals surface area contributed by atoms with Crippen LogP contribution in [0.25, 0.3) is 0 Å². The first kappa shape index (κ1) is 19.6. The molecular formula is C18H17N5O3S2. The van der Waals surface area contributed by atoms with Crippen LogP contribution < -0.4 is 14.8 Å². The van der Waals surface area contributed by atoms with Gasteiger partial charge in [0.05, 0.1) is 16.7 Å². The number of benzene rings is 1. The molecule has 8 nitrogen and oxygen atoms in total. The van der Waals surface area contributed by atoms with Crippen molar-refractivity contribution in [2.24, 2.45) is 0 Å². The van der Waals surface area contributed by atoms with Crippen LogP contribution in [-0.4, -0.2) is 24.4 Å². The second kappa shape index (κ2) is 8.24. The molecule has 1 aromatic carbocycles. The molecule has 0 unspecified atom stereocenters. The van der Waals surface area contributed by atoms with E-state index in [9.17, 15) is 13.7 Å². The topological polar surface area (TPSA) is 117 Å². The fourth-order valence-corrected chi connectivity index (χ4v) is 4.06. The Balaban J connectivity index is 1.81. The van der Waals surface area contributed by atoms with Crippen LogP contribution in [0, 0.1) is 11.3 Å². The zero-order valence-electron chi connectivity index (χ0n) is 15.1. The summed E-state index contributed by atoms with van der Waals surface area (Å²) in [5.74, 6) is 1.38. The molecule has 2 heterocycles. The van der Waals surface area contributed by atoms with Gasteiger partial charge in [-0.3, -0.25) is 4.72 Å². The van der Waals surface area contributed by atoms with E-state index in [1.165, 1.54) is 30.6 Å². The summed E-state index contributed by atoms with van der Waals surface area (Å²) in [6, 6.07) is 9.75. The lowest BCUT2D eigenvalue weighted by Crippen LogP contribution is -2.13. The highest BCUT2D eigenvalue weighted by Crippen LogP contribution is 2.28. The van der Waals surface area contributed by atoms with Gasteiger partial charge in [-0.05, 0) is 44.2 Å². The first-order chi connectivity index (χ1) is 13.4. The monoisotopic (exact) mass is 415 g/mol. The number of nitrogens with zero attached hydrogens (tertiary/aromatic N) is 3. The molecule has 144 valence electrons. The van der Waals surface area contributed by atoms with Gasteiger partial charge in [0, 0.05) is 17.6 Å². The highest BCUT2D eigenvalue weighted by molar-refractivity contribution is 7.93. The maximum absolute atomic E-state index is 12.5. The zero-order valence-corrected chi connectivity index (χ0v) is 16.7. The van der Waals surface area contributed by atoms with E-state index >= 15 is 0 Å². The highest BCUT2D eigenvalue weighted by atomic mass is 32.2. The van der Waals surface area contributed by atoms with Crippen LogP contribution in [0.15, 0.2) is 53.0 Å². The molecule has 0 fully saturated rings. The molecule has 28 heavy (non-hydrogen) atoms. The molecule has 0 aliphatic heterocycles. The Morgan fingerprint density at radius 3 is 2.64 bits per heavy atom. The number of aromatic nitrogens is 2. The minimum absolute atomic E-state index is 0.0544. The van der Waals surface area contributed by atoms with Gasteiger partial charge in [0.1, 0.15) is 23.4 Å². The fraction of sp³-hybridized carbons (Fsp3) is 0.167. The average Bonchev–Trinajstić information content (AvgIpc) is 3.15. The second-order valence-electron chi connectivity index (χ2n) is 5.99. The predicted octanol–water partition coefficient (Wildman–Crippen LogP) is 3.82. The number of sulfonamides is 1. The van der Waals surface area contributed by atoms with E-state index in [1.807, 2.05) is 19.9 Å². The molecule has 0 bridgehead atoms. The fourth-order valence-electron chi connectivity index (χ4n) is 2.25. The van der Waals surface area contributed by atoms with Gasteiger partial charge in [0.2, 0.25) is 0 Å². The van der Waals surface area contributed by atoms with E-state index in [0.29, 0.717) is 11.6 Å². The van der Waals surface area contributed by atoms with Crippen molar-refractivity contribution in [3.63, 3.8) is 0 Å². The molecule has 2 aromatic heterocycles. The summed E-state index contributed by atoms with van der Waals surface area (Å²) < 4.78 is 33.0. The SMILES string of the molecule is CC(C)Nc1ccc(Oc2ccc(S(=O)(=O)Nc3nccs3)cc2C#N)cn1. The lowest BCUT2D eigenvalue weighted by molar-refractivity contribution is 0.478. The van der Waals surface area contributed by atoms with E-state index in [2.05, 4.69) is 20.0 Å². The van der Waals surface area contributed by atoms with Crippen molar-refractivity contribution in [3.8, 4) is 17.6 Å². The summed E-state index contributed by atoms with van der Waals surface area (Å²) in [4.78, 5) is 8.08. The molecule has 3 aromatic rings. The molecule has 0 aliphatic carbocycles. The van der Waals surface area contributed by atoms with Crippen molar-refractivity contribution in [2.75, 3.05) is 10.0 Å². The van der Waals surface area contributed by atoms with Gasteiger partial charge in [0.15, 0.2) is 5.13 Å². The Labute approximate surface area is 166 Å². The number of ether oxygens (including phenoxy) is 1. The normalized spacial score (nSPS) is 11.1. The Morgan fingerprint density at radius 1 is 1.21 bits per heavy atom. The van der Waals surface area contributed by atoms with Crippen molar-refractivity contribution >= 4 is 32.3 Å². The standard InChI is InChI=1S/C18H17N5O3S2/c1-12(2)22-17-6-3-14(11-21-17)26-16-5-4-15(9-13(16)10-19)28(24,25)23-18-20-7-8-27-18/h3-9,11-12H,1-2H3,(H,20,23)(H,21,22). The van der Waals surface area contributed by atoms with Crippen LogP contribution in [0.2, 0.25) is 0 Å². The van der Waals surface area contributed by atoms with E-state index in [0.717, 1.165) is 11.3 Å². The molecule has 0 atom stereocenters. The predicted molar refractivity (Wildman–Crippen MR) is 107 cm³/mol. The molecule has 0 saturated heterocycles. The summed E-state index contributed by atoms with van der Waals surface area (Å²) in [5, 5.41) is 14.5. The first-order valence-corrected chi connectivity index (χ1v) is 10.6. The van der Waals surface area contributed by atoms with Gasteiger partial charge in [-0.2, -0.15) is 5.26 Å². The Kier molecular flexibility index (Phi) is 5.77. The molecule has 0 amide bonds. The molecule has 10 heteroatoms. The molecule has 3 rings (SSSR count). The Hall–Kier alpha value is -3.16. The van der Waals surface area contributed by atoms with Crippen LogP contribution >= 0.6 is 11.3 Å². The van der Waals surface area contributed by atoms with Crippen LogP contribution in [0.3, 0.4) is 0 Å². The van der Waals surface area contributed by atoms with Gasteiger partial charge >= 0.3 is 0 Å². The van der Waals surface area contributed by atoms with E-state index in [4.69, 9.17) is 4.74 Å². The highest BCUT2D eigenvalue weighted by Gasteiger charge is 2.18. The summed E-state index contributed by atoms with van der Waals surface area (Å²) >= 11 is 1.16. The second-order valence-corrected chi connectivity index (χ2v) is 8.57. The summed E-state index contributed by atoms with van der Waals surface area (Å²) in [6.45, 7) is 4.01. The van der Waals surface area contributed by atoms with Crippen molar-refractivity contribution in [3.05, 3.63) is 53.7 Å². The molecule has 0 spiro atoms. The number of hydrogen-bond donors (Lipinski definition) is 2. The number of pyridine rings is 1. The molecular weight excluding hydrogens is 398 g/mol. The maximum Gasteiger partial charge on any atom is 0.263 e. The summed E-state index contributed by atoms with van der Waals surface area (Å²) in [6.07, 6.45) is 3.02. The number of hydrogen-bond acceptors (Lipinski definition) is 8. The van der Waals surface area contributed by atoms with E-state index in [1.54, 1.807) is 17.5 Å². The quantitative estimate of drug-likeness (QED) is 0.602. The first-order valence-electron chi connectivity index (χ1n) is 8.24. The number of anilines is 2. The van der Waals surface area contributed by atoms with Crippen molar-refractivity contribution in [1.29, 1.82) is 5.26 Å². The minimum Gasteiger partial charge on any atom is -0.454 e. The molecule has 2 N–H and O–H groups in total. The third-order valence-corrected chi connectivity index (χ3v) is 5.59. The number of nitrogens with one attached hydrogen (secondary N) is 2. The van der Waals surface area contributed by atoms with Crippen LogP contribution in [0.5, 0.6) is 11.5 Å². The van der Waals surface area contributed by atoms with Crippen molar-refractivity contribution < 1.29 is 13.2 Å². The third kappa shape index (κ3) is 4.76. The number of rotatable bonds is 7. The van der Waals surface area contributed by atoms with E-state index in [-0.39, 0.29) is 27.4 Å². The van der Waals surface area contributed by atoms with Crippen molar-refractivity contribution in [2.45, 2.75) is 24.8 Å². The third-order valence-electron chi connectivity index (χ3n) is 3.44. The van der Waals surface area contributed by atoms with Gasteiger partial charge in [-0.15, -0.1) is 11.3 Å². The lowest BCUT2D eigenvalue weighted by Gasteiger charge is -2.11. The van der Waals surface area contributed by atoms with Gasteiger partial charge in [0.25, 0.3) is 10.0 Å².